The molecule has 1 amide bonds. The fourth-order valence-corrected chi connectivity index (χ4v) is 4.75. The van der Waals surface area contributed by atoms with Crippen molar-refractivity contribution < 1.29 is 23.6 Å². The van der Waals surface area contributed by atoms with Crippen molar-refractivity contribution in [1.29, 1.82) is 0 Å². The summed E-state index contributed by atoms with van der Waals surface area (Å²) in [6, 6.07) is 9.67. The zero-order valence-corrected chi connectivity index (χ0v) is 25.6. The normalized spacial score (nSPS) is 10.9. The van der Waals surface area contributed by atoms with Gasteiger partial charge in [-0.1, -0.05) is 90.4 Å². The smallest absolute Gasteiger partial charge is 0.257 e. The Labute approximate surface area is 243 Å². The molecule has 6 heteroatoms. The van der Waals surface area contributed by atoms with Crippen LogP contribution in [0.4, 0.5) is 0 Å². The number of amides is 1. The molecule has 0 aliphatic carbocycles. The maximum atomic E-state index is 12.2. The van der Waals surface area contributed by atoms with Crippen LogP contribution in [-0.2, 0) is 17.8 Å². The number of pyridine rings is 1. The van der Waals surface area contributed by atoms with E-state index in [4.69, 9.17) is 14.2 Å². The number of ether oxygens (including phenoxy) is 3. The number of benzene rings is 1. The van der Waals surface area contributed by atoms with Crippen molar-refractivity contribution in [3.63, 3.8) is 0 Å². The topological polar surface area (TPSA) is 60.7 Å². The van der Waals surface area contributed by atoms with Crippen LogP contribution >= 0.6 is 0 Å². The number of carbonyl (C=O) groups is 1. The zero-order valence-electron chi connectivity index (χ0n) is 25.6. The van der Waals surface area contributed by atoms with Crippen molar-refractivity contribution in [2.45, 2.75) is 117 Å². The van der Waals surface area contributed by atoms with Gasteiger partial charge in [0.2, 0.25) is 0 Å². The van der Waals surface area contributed by atoms with Gasteiger partial charge in [-0.15, -0.1) is 0 Å². The van der Waals surface area contributed by atoms with Gasteiger partial charge in [0.15, 0.2) is 30.5 Å². The molecule has 1 heterocycles. The molecule has 0 aliphatic rings. The molecule has 0 bridgehead atoms. The highest BCUT2D eigenvalue weighted by Crippen LogP contribution is 2.31. The van der Waals surface area contributed by atoms with Gasteiger partial charge in [-0.05, 0) is 37.5 Å². The molecule has 1 aromatic heterocycles. The number of methoxy groups -OCH3 is 1. The number of nitrogens with one attached hydrogen (secondary N) is 1. The number of carbonyl (C=O) groups excluding carboxylic acids is 1. The summed E-state index contributed by atoms with van der Waals surface area (Å²) < 4.78 is 19.2. The maximum Gasteiger partial charge on any atom is 0.257 e. The Bertz CT molecular complexity index is 917. The van der Waals surface area contributed by atoms with Crippen LogP contribution in [0.3, 0.4) is 0 Å². The third-order valence-corrected chi connectivity index (χ3v) is 7.32. The molecule has 0 saturated heterocycles. The van der Waals surface area contributed by atoms with E-state index in [1.165, 1.54) is 89.0 Å². The van der Waals surface area contributed by atoms with Crippen molar-refractivity contribution in [2.75, 3.05) is 26.9 Å². The summed E-state index contributed by atoms with van der Waals surface area (Å²) in [7, 11) is 1.60. The molecule has 0 saturated carbocycles. The summed E-state index contributed by atoms with van der Waals surface area (Å²) in [5, 5.41) is 2.91. The van der Waals surface area contributed by atoms with E-state index in [2.05, 4.69) is 48.3 Å². The lowest BCUT2D eigenvalue weighted by atomic mass is 10.0. The first kappa shape index (κ1) is 33.4. The van der Waals surface area contributed by atoms with Crippen LogP contribution in [0.25, 0.3) is 0 Å². The van der Waals surface area contributed by atoms with Gasteiger partial charge >= 0.3 is 0 Å². The second kappa shape index (κ2) is 22.0. The second-order valence-electron chi connectivity index (χ2n) is 10.7. The van der Waals surface area contributed by atoms with Crippen molar-refractivity contribution >= 4 is 5.91 Å². The van der Waals surface area contributed by atoms with Gasteiger partial charge < -0.3 is 19.5 Å². The van der Waals surface area contributed by atoms with Crippen LogP contribution in [0.2, 0.25) is 0 Å². The lowest BCUT2D eigenvalue weighted by Gasteiger charge is -2.13. The number of aryl methyl sites for hydroxylation is 1. The Balaban J connectivity index is 1.51. The molecule has 0 aliphatic heterocycles. The molecule has 0 spiro atoms. The molecular weight excluding hydrogens is 500 g/mol. The number of aromatic nitrogens is 1. The number of rotatable bonds is 24. The van der Waals surface area contributed by atoms with Crippen molar-refractivity contribution in [1.82, 2.24) is 5.32 Å². The Kier molecular flexibility index (Phi) is 18.4. The summed E-state index contributed by atoms with van der Waals surface area (Å²) in [6.07, 6.45) is 23.7. The zero-order chi connectivity index (χ0) is 28.7. The van der Waals surface area contributed by atoms with Gasteiger partial charge in [-0.25, -0.2) is 4.57 Å². The molecule has 0 fully saturated rings. The highest BCUT2D eigenvalue weighted by Gasteiger charge is 2.10. The Morgan fingerprint density at radius 2 is 1.35 bits per heavy atom. The summed E-state index contributed by atoms with van der Waals surface area (Å²) in [6.45, 7) is 6.55. The SMILES string of the molecule is CCCCCCCCCCCCCCCCOc1ccc(OCC(=O)NCCc2cc[n+](CC)cc2)c(OC)c1. The summed E-state index contributed by atoms with van der Waals surface area (Å²) >= 11 is 0. The third-order valence-electron chi connectivity index (χ3n) is 7.32. The minimum atomic E-state index is -0.153. The first-order valence-electron chi connectivity index (χ1n) is 15.8. The monoisotopic (exact) mass is 555 g/mol. The molecule has 0 radical (unpaired) electrons. The number of nitrogens with zero attached hydrogens (tertiary/aromatic N) is 1. The molecule has 2 aromatic rings. The second-order valence-corrected chi connectivity index (χ2v) is 10.7. The maximum absolute atomic E-state index is 12.2. The highest BCUT2D eigenvalue weighted by molar-refractivity contribution is 5.77. The predicted octanol–water partition coefficient (Wildman–Crippen LogP) is 7.60. The minimum Gasteiger partial charge on any atom is -0.493 e. The van der Waals surface area contributed by atoms with E-state index in [1.807, 2.05) is 12.1 Å². The Morgan fingerprint density at radius 1 is 0.750 bits per heavy atom. The number of hydrogen-bond acceptors (Lipinski definition) is 4. The summed E-state index contributed by atoms with van der Waals surface area (Å²) in [4.78, 5) is 12.2. The molecular formula is C34H55N2O4+. The fraction of sp³-hybridized carbons (Fsp3) is 0.647. The Hall–Kier alpha value is -2.76. The van der Waals surface area contributed by atoms with Crippen LogP contribution in [0, 0.1) is 0 Å². The molecule has 1 aromatic carbocycles. The van der Waals surface area contributed by atoms with Crippen LogP contribution in [0.5, 0.6) is 17.2 Å². The van der Waals surface area contributed by atoms with Gasteiger partial charge in [0.1, 0.15) is 12.3 Å². The molecule has 6 nitrogen and oxygen atoms in total. The first-order chi connectivity index (χ1) is 19.7. The van der Waals surface area contributed by atoms with E-state index < -0.39 is 0 Å². The van der Waals surface area contributed by atoms with E-state index >= 15 is 0 Å². The average molecular weight is 556 g/mol. The molecule has 1 N–H and O–H groups in total. The first-order valence-corrected chi connectivity index (χ1v) is 15.8. The van der Waals surface area contributed by atoms with Crippen LogP contribution in [0.15, 0.2) is 42.7 Å². The van der Waals surface area contributed by atoms with Crippen LogP contribution in [-0.4, -0.2) is 32.8 Å². The van der Waals surface area contributed by atoms with E-state index in [1.54, 1.807) is 13.2 Å². The van der Waals surface area contributed by atoms with E-state index in [0.717, 1.165) is 25.1 Å². The average Bonchev–Trinajstić information content (AvgIpc) is 2.98. The summed E-state index contributed by atoms with van der Waals surface area (Å²) in [5.74, 6) is 1.71. The molecule has 40 heavy (non-hydrogen) atoms. The third kappa shape index (κ3) is 15.1. The fourth-order valence-electron chi connectivity index (χ4n) is 4.75. The van der Waals surface area contributed by atoms with E-state index in [9.17, 15) is 4.79 Å². The van der Waals surface area contributed by atoms with Crippen molar-refractivity contribution in [2.24, 2.45) is 0 Å². The molecule has 0 atom stereocenters. The number of unbranched alkanes of at least 4 members (excludes halogenated alkanes) is 13. The van der Waals surface area contributed by atoms with Crippen LogP contribution < -0.4 is 24.1 Å². The van der Waals surface area contributed by atoms with Gasteiger partial charge in [0, 0.05) is 24.7 Å². The molecule has 0 unspecified atom stereocenters. The van der Waals surface area contributed by atoms with Gasteiger partial charge in [0.05, 0.1) is 13.7 Å². The largest absolute Gasteiger partial charge is 0.493 e. The Morgan fingerprint density at radius 3 is 1.93 bits per heavy atom. The summed E-state index contributed by atoms with van der Waals surface area (Å²) in [5.41, 5.74) is 1.19. The lowest BCUT2D eigenvalue weighted by Crippen LogP contribution is -2.32. The van der Waals surface area contributed by atoms with E-state index in [0.29, 0.717) is 24.7 Å². The van der Waals surface area contributed by atoms with Gasteiger partial charge in [-0.3, -0.25) is 4.79 Å². The van der Waals surface area contributed by atoms with Crippen molar-refractivity contribution in [3.8, 4) is 17.2 Å². The van der Waals surface area contributed by atoms with Gasteiger partial charge in [0.25, 0.3) is 5.91 Å². The highest BCUT2D eigenvalue weighted by atomic mass is 16.5. The van der Waals surface area contributed by atoms with E-state index in [-0.39, 0.29) is 12.5 Å². The molecule has 2 rings (SSSR count). The van der Waals surface area contributed by atoms with Crippen LogP contribution in [0.1, 0.15) is 109 Å². The quantitative estimate of drug-likeness (QED) is 0.107. The standard InChI is InChI=1S/C34H54N2O4/c1-4-6-7-8-9-10-11-12-13-14-15-16-17-18-27-39-31-19-20-32(33(28-31)38-3)40-29-34(37)35-24-21-30-22-25-36(5-2)26-23-30/h19-20,22-23,25-26,28H,4-18,21,24,27,29H2,1-3H3/p+1. The lowest BCUT2D eigenvalue weighted by molar-refractivity contribution is -0.693. The predicted molar refractivity (Wildman–Crippen MR) is 163 cm³/mol. The molecule has 224 valence electrons. The van der Waals surface area contributed by atoms with Gasteiger partial charge in [-0.2, -0.15) is 0 Å². The minimum absolute atomic E-state index is 0.0553. The van der Waals surface area contributed by atoms with Crippen molar-refractivity contribution in [3.05, 3.63) is 48.3 Å². The number of hydrogen-bond donors (Lipinski definition) is 1.